The van der Waals surface area contributed by atoms with Gasteiger partial charge in [0.15, 0.2) is 11.6 Å². The number of nitrogens with one attached hydrogen (secondary N) is 2. The first kappa shape index (κ1) is 26.0. The van der Waals surface area contributed by atoms with Gasteiger partial charge in [0.2, 0.25) is 15.9 Å². The van der Waals surface area contributed by atoms with Gasteiger partial charge in [0, 0.05) is 13.1 Å². The summed E-state index contributed by atoms with van der Waals surface area (Å²) in [5, 5.41) is 13.2. The first-order valence-corrected chi connectivity index (χ1v) is 12.3. The smallest absolute Gasteiger partial charge is 0.324 e. The molecule has 1 aliphatic heterocycles. The van der Waals surface area contributed by atoms with Gasteiger partial charge in [-0.05, 0) is 42.9 Å². The molecule has 2 rings (SSSR count). The number of hydrogen-bond donors (Lipinski definition) is 3. The number of benzene rings is 1. The lowest BCUT2D eigenvalue weighted by Gasteiger charge is -2.28. The summed E-state index contributed by atoms with van der Waals surface area (Å²) < 4.78 is 46.7. The number of ether oxygens (including phenoxy) is 1. The highest BCUT2D eigenvalue weighted by Gasteiger charge is 2.30. The fourth-order valence-electron chi connectivity index (χ4n) is 3.15. The van der Waals surface area contributed by atoms with E-state index in [1.807, 2.05) is 13.8 Å². The van der Waals surface area contributed by atoms with Crippen molar-refractivity contribution in [3.05, 3.63) is 29.6 Å². The Labute approximate surface area is 188 Å². The Morgan fingerprint density at radius 1 is 1.31 bits per heavy atom. The van der Waals surface area contributed by atoms with E-state index in [-0.39, 0.29) is 55.8 Å². The molecule has 180 valence electrons. The van der Waals surface area contributed by atoms with E-state index in [0.717, 1.165) is 0 Å². The number of sulfonamides is 1. The van der Waals surface area contributed by atoms with Crippen molar-refractivity contribution < 1.29 is 32.2 Å². The molecule has 1 fully saturated rings. The number of rotatable bonds is 13. The first-order valence-electron chi connectivity index (χ1n) is 10.7. The quantitative estimate of drug-likeness (QED) is 0.296. The van der Waals surface area contributed by atoms with Crippen molar-refractivity contribution in [2.45, 2.75) is 45.6 Å². The zero-order valence-electron chi connectivity index (χ0n) is 18.7. The van der Waals surface area contributed by atoms with Crippen molar-refractivity contribution >= 4 is 22.0 Å². The number of carbonyl (C=O) groups excluding carboxylic acids is 2. The summed E-state index contributed by atoms with van der Waals surface area (Å²) in [6.07, 6.45) is 0.888. The third kappa shape index (κ3) is 7.42. The normalized spacial score (nSPS) is 16.4. The van der Waals surface area contributed by atoms with E-state index in [1.165, 1.54) is 23.1 Å². The van der Waals surface area contributed by atoms with Crippen LogP contribution in [0.1, 0.15) is 45.6 Å². The van der Waals surface area contributed by atoms with Gasteiger partial charge in [0.05, 0.1) is 12.4 Å². The predicted molar refractivity (Wildman–Crippen MR) is 117 cm³/mol. The fourth-order valence-corrected chi connectivity index (χ4v) is 4.34. The number of imide groups is 1. The van der Waals surface area contributed by atoms with Gasteiger partial charge < -0.3 is 14.7 Å². The van der Waals surface area contributed by atoms with Crippen LogP contribution in [0, 0.1) is 11.7 Å². The molecule has 0 aliphatic carbocycles. The average Bonchev–Trinajstić information content (AvgIpc) is 3.05. The Morgan fingerprint density at radius 3 is 2.62 bits per heavy atom. The van der Waals surface area contributed by atoms with Crippen LogP contribution in [0.5, 0.6) is 5.75 Å². The van der Waals surface area contributed by atoms with Crippen LogP contribution in [0.25, 0.3) is 0 Å². The number of carbonyl (C=O) groups is 2. The van der Waals surface area contributed by atoms with Crippen LogP contribution in [-0.4, -0.2) is 62.4 Å². The van der Waals surface area contributed by atoms with Crippen LogP contribution in [-0.2, 0) is 20.4 Å². The largest absolute Gasteiger partial charge is 0.490 e. The molecular formula is C21H32FN3O6S. The number of urea groups is 1. The summed E-state index contributed by atoms with van der Waals surface area (Å²) in [5.41, 5.74) is -1.18. The van der Waals surface area contributed by atoms with Crippen molar-refractivity contribution in [1.82, 2.24) is 14.9 Å². The molecule has 0 aromatic heterocycles. The standard InChI is InChI=1S/C21H32FN3O6S/c1-4-21(28,16-7-8-17(22)18(11-16)31-13-15(2)3)14-23-32(29,30)10-6-5-9-25-12-19(26)24-20(25)27/h7-8,11,15,23,28H,4-6,9-10,12-14H2,1-3H3,(H,24,26,27). The molecular weight excluding hydrogens is 441 g/mol. The molecule has 1 saturated heterocycles. The third-order valence-corrected chi connectivity index (χ3v) is 6.58. The van der Waals surface area contributed by atoms with E-state index in [4.69, 9.17) is 4.74 Å². The minimum absolute atomic E-state index is 0.00960. The summed E-state index contributed by atoms with van der Waals surface area (Å²) in [4.78, 5) is 24.0. The summed E-state index contributed by atoms with van der Waals surface area (Å²) in [6.45, 7) is 5.86. The van der Waals surface area contributed by atoms with Gasteiger partial charge in [-0.15, -0.1) is 0 Å². The topological polar surface area (TPSA) is 125 Å². The second-order valence-corrected chi connectivity index (χ2v) is 10.3. The summed E-state index contributed by atoms with van der Waals surface area (Å²) in [5.74, 6) is -0.920. The molecule has 1 unspecified atom stereocenters. The lowest BCUT2D eigenvalue weighted by atomic mass is 9.91. The summed E-state index contributed by atoms with van der Waals surface area (Å²) in [6, 6.07) is 3.54. The molecule has 0 radical (unpaired) electrons. The average molecular weight is 474 g/mol. The Kier molecular flexibility index (Phi) is 8.99. The third-order valence-electron chi connectivity index (χ3n) is 5.17. The monoisotopic (exact) mass is 473 g/mol. The maximum Gasteiger partial charge on any atom is 0.324 e. The number of aliphatic hydroxyl groups is 1. The maximum atomic E-state index is 14.1. The van der Waals surface area contributed by atoms with E-state index in [2.05, 4.69) is 10.0 Å². The molecule has 9 nitrogen and oxygen atoms in total. The minimum atomic E-state index is -3.69. The van der Waals surface area contributed by atoms with Crippen LogP contribution in [0.2, 0.25) is 0 Å². The Balaban J connectivity index is 1.92. The zero-order valence-corrected chi connectivity index (χ0v) is 19.5. The van der Waals surface area contributed by atoms with Crippen molar-refractivity contribution in [2.24, 2.45) is 5.92 Å². The number of nitrogens with zero attached hydrogens (tertiary/aromatic N) is 1. The Morgan fingerprint density at radius 2 is 2.03 bits per heavy atom. The van der Waals surface area contributed by atoms with E-state index in [1.54, 1.807) is 6.92 Å². The molecule has 1 aliphatic rings. The minimum Gasteiger partial charge on any atom is -0.490 e. The lowest BCUT2D eigenvalue weighted by molar-refractivity contribution is -0.118. The lowest BCUT2D eigenvalue weighted by Crippen LogP contribution is -2.41. The van der Waals surface area contributed by atoms with Gasteiger partial charge in [-0.3, -0.25) is 10.1 Å². The van der Waals surface area contributed by atoms with E-state index >= 15 is 0 Å². The second-order valence-electron chi connectivity index (χ2n) is 8.36. The van der Waals surface area contributed by atoms with Gasteiger partial charge >= 0.3 is 6.03 Å². The van der Waals surface area contributed by atoms with Gasteiger partial charge in [0.25, 0.3) is 0 Å². The molecule has 1 atom stereocenters. The Bertz CT molecular complexity index is 924. The van der Waals surface area contributed by atoms with E-state index in [0.29, 0.717) is 18.6 Å². The maximum absolute atomic E-state index is 14.1. The molecule has 1 heterocycles. The summed E-state index contributed by atoms with van der Waals surface area (Å²) >= 11 is 0. The van der Waals surface area contributed by atoms with Crippen LogP contribution in [0.3, 0.4) is 0 Å². The molecule has 1 aromatic carbocycles. The molecule has 0 spiro atoms. The number of amides is 3. The van der Waals surface area contributed by atoms with Crippen LogP contribution >= 0.6 is 0 Å². The number of unbranched alkanes of at least 4 members (excludes halogenated alkanes) is 1. The SMILES string of the molecule is CCC(O)(CNS(=O)(=O)CCCCN1CC(=O)NC1=O)c1ccc(F)c(OCC(C)C)c1. The molecule has 0 saturated carbocycles. The first-order chi connectivity index (χ1) is 15.0. The van der Waals surface area contributed by atoms with E-state index in [9.17, 15) is 27.5 Å². The number of halogens is 1. The highest BCUT2D eigenvalue weighted by Crippen LogP contribution is 2.29. The van der Waals surface area contributed by atoms with Gasteiger partial charge in [0.1, 0.15) is 12.1 Å². The van der Waals surface area contributed by atoms with Crippen LogP contribution in [0.4, 0.5) is 9.18 Å². The fraction of sp³-hybridized carbons (Fsp3) is 0.619. The Hall–Kier alpha value is -2.24. The molecule has 3 N–H and O–H groups in total. The predicted octanol–water partition coefficient (Wildman–Crippen LogP) is 1.71. The highest BCUT2D eigenvalue weighted by atomic mass is 32.2. The highest BCUT2D eigenvalue weighted by molar-refractivity contribution is 7.89. The van der Waals surface area contributed by atoms with Crippen LogP contribution in [0.15, 0.2) is 18.2 Å². The molecule has 0 bridgehead atoms. The van der Waals surface area contributed by atoms with Gasteiger partial charge in [-0.1, -0.05) is 26.8 Å². The molecule has 32 heavy (non-hydrogen) atoms. The van der Waals surface area contributed by atoms with Gasteiger partial charge in [-0.25, -0.2) is 22.3 Å². The second kappa shape index (κ2) is 11.1. The van der Waals surface area contributed by atoms with Crippen molar-refractivity contribution in [1.29, 1.82) is 0 Å². The van der Waals surface area contributed by atoms with Crippen molar-refractivity contribution in [2.75, 3.05) is 32.0 Å². The zero-order chi connectivity index (χ0) is 23.9. The summed E-state index contributed by atoms with van der Waals surface area (Å²) in [7, 11) is -3.69. The molecule has 1 aromatic rings. The number of hydrogen-bond acceptors (Lipinski definition) is 6. The van der Waals surface area contributed by atoms with Crippen molar-refractivity contribution in [3.63, 3.8) is 0 Å². The van der Waals surface area contributed by atoms with E-state index < -0.39 is 27.5 Å². The molecule has 11 heteroatoms. The van der Waals surface area contributed by atoms with Gasteiger partial charge in [-0.2, -0.15) is 0 Å². The van der Waals surface area contributed by atoms with Crippen LogP contribution < -0.4 is 14.8 Å². The molecule has 3 amide bonds. The van der Waals surface area contributed by atoms with Crippen molar-refractivity contribution in [3.8, 4) is 5.75 Å².